The Morgan fingerprint density at radius 2 is 1.90 bits per heavy atom. The molecule has 2 rings (SSSR count). The summed E-state index contributed by atoms with van der Waals surface area (Å²) >= 11 is 1.68. The van der Waals surface area contributed by atoms with Crippen molar-refractivity contribution in [1.82, 2.24) is 10.3 Å². The number of nitrogens with zero attached hydrogens (tertiary/aromatic N) is 1. The molecule has 0 fully saturated rings. The van der Waals surface area contributed by atoms with Crippen LogP contribution in [0.2, 0.25) is 0 Å². The fraction of sp³-hybridized carbons (Fsp3) is 0.471. The predicted molar refractivity (Wildman–Crippen MR) is 88.9 cm³/mol. The first-order chi connectivity index (χ1) is 9.96. The molecule has 21 heavy (non-hydrogen) atoms. The van der Waals surface area contributed by atoms with Crippen molar-refractivity contribution in [2.45, 2.75) is 52.8 Å². The second-order valence-corrected chi connectivity index (χ2v) is 7.06. The van der Waals surface area contributed by atoms with E-state index >= 15 is 0 Å². The highest BCUT2D eigenvalue weighted by Crippen LogP contribution is 2.16. The van der Waals surface area contributed by atoms with Gasteiger partial charge in [-0.1, -0.05) is 19.1 Å². The summed E-state index contributed by atoms with van der Waals surface area (Å²) in [5, 5.41) is 6.62. The van der Waals surface area contributed by atoms with E-state index in [9.17, 15) is 0 Å². The molecule has 114 valence electrons. The Kier molecular flexibility index (Phi) is 5.37. The van der Waals surface area contributed by atoms with Crippen LogP contribution in [0.4, 0.5) is 0 Å². The molecule has 0 aliphatic carbocycles. The fourth-order valence-corrected chi connectivity index (χ4v) is 2.53. The second-order valence-electron chi connectivity index (χ2n) is 6.12. The molecule has 1 aromatic heterocycles. The summed E-state index contributed by atoms with van der Waals surface area (Å²) in [6.45, 7) is 9.95. The first kappa shape index (κ1) is 16.0. The molecule has 2 aromatic rings. The molecule has 0 saturated carbocycles. The molecule has 1 N–H and O–H groups in total. The number of rotatable bonds is 6. The van der Waals surface area contributed by atoms with E-state index in [1.54, 1.807) is 11.3 Å². The molecule has 1 aromatic carbocycles. The zero-order valence-corrected chi connectivity index (χ0v) is 14.1. The summed E-state index contributed by atoms with van der Waals surface area (Å²) in [5.41, 5.74) is 2.43. The highest BCUT2D eigenvalue weighted by atomic mass is 32.1. The lowest BCUT2D eigenvalue weighted by Gasteiger charge is -2.19. The lowest BCUT2D eigenvalue weighted by atomic mass is 10.1. The molecular formula is C17H24N2OS. The molecule has 0 atom stereocenters. The van der Waals surface area contributed by atoms with Gasteiger partial charge in [-0.25, -0.2) is 4.98 Å². The first-order valence-electron chi connectivity index (χ1n) is 7.36. The summed E-state index contributed by atoms with van der Waals surface area (Å²) < 4.78 is 5.77. The van der Waals surface area contributed by atoms with Crippen LogP contribution in [-0.4, -0.2) is 10.5 Å². The van der Waals surface area contributed by atoms with Crippen molar-refractivity contribution in [3.63, 3.8) is 0 Å². The number of benzene rings is 1. The molecule has 0 bridgehead atoms. The van der Waals surface area contributed by atoms with Crippen LogP contribution in [0.1, 0.15) is 44.0 Å². The standard InChI is InChI=1S/C17H24N2OS/c1-5-13-6-8-15(9-7-13)20-11-14-12-21-16(19-14)10-18-17(2,3)4/h6-9,12,18H,5,10-11H2,1-4H3. The van der Waals surface area contributed by atoms with Gasteiger partial charge in [0, 0.05) is 17.5 Å². The maximum absolute atomic E-state index is 5.77. The third-order valence-electron chi connectivity index (χ3n) is 3.09. The van der Waals surface area contributed by atoms with E-state index in [1.165, 1.54) is 5.56 Å². The summed E-state index contributed by atoms with van der Waals surface area (Å²) in [6.07, 6.45) is 1.05. The molecule has 0 aliphatic rings. The number of aryl methyl sites for hydroxylation is 1. The minimum atomic E-state index is 0.114. The van der Waals surface area contributed by atoms with E-state index in [4.69, 9.17) is 4.74 Å². The third-order valence-corrected chi connectivity index (χ3v) is 3.99. The molecule has 0 unspecified atom stereocenters. The number of ether oxygens (including phenoxy) is 1. The zero-order chi connectivity index (χ0) is 15.3. The van der Waals surface area contributed by atoms with Crippen LogP contribution < -0.4 is 10.1 Å². The molecule has 3 nitrogen and oxygen atoms in total. The van der Waals surface area contributed by atoms with E-state index in [-0.39, 0.29) is 5.54 Å². The number of hydrogen-bond donors (Lipinski definition) is 1. The average molecular weight is 304 g/mol. The second kappa shape index (κ2) is 7.05. The minimum absolute atomic E-state index is 0.114. The van der Waals surface area contributed by atoms with Crippen molar-refractivity contribution < 1.29 is 4.74 Å². The van der Waals surface area contributed by atoms with Crippen LogP contribution in [0.25, 0.3) is 0 Å². The molecule has 0 saturated heterocycles. The Labute approximate surface area is 131 Å². The van der Waals surface area contributed by atoms with Gasteiger partial charge in [0.1, 0.15) is 17.4 Å². The van der Waals surface area contributed by atoms with Gasteiger partial charge < -0.3 is 10.1 Å². The summed E-state index contributed by atoms with van der Waals surface area (Å²) in [4.78, 5) is 4.59. The van der Waals surface area contributed by atoms with E-state index < -0.39 is 0 Å². The molecule has 0 radical (unpaired) electrons. The van der Waals surface area contributed by atoms with Gasteiger partial charge in [0.05, 0.1) is 5.69 Å². The van der Waals surface area contributed by atoms with Gasteiger partial charge in [-0.3, -0.25) is 0 Å². The molecular weight excluding hydrogens is 280 g/mol. The largest absolute Gasteiger partial charge is 0.487 e. The molecule has 0 amide bonds. The van der Waals surface area contributed by atoms with Crippen molar-refractivity contribution in [3.8, 4) is 5.75 Å². The lowest BCUT2D eigenvalue weighted by Crippen LogP contribution is -2.35. The Bertz CT molecular complexity index is 555. The van der Waals surface area contributed by atoms with E-state index in [0.717, 1.165) is 29.4 Å². The van der Waals surface area contributed by atoms with Gasteiger partial charge in [0.25, 0.3) is 0 Å². The smallest absolute Gasteiger partial charge is 0.131 e. The van der Waals surface area contributed by atoms with Crippen molar-refractivity contribution >= 4 is 11.3 Å². The fourth-order valence-electron chi connectivity index (χ4n) is 1.82. The SMILES string of the molecule is CCc1ccc(OCc2csc(CNC(C)(C)C)n2)cc1. The van der Waals surface area contributed by atoms with Gasteiger partial charge in [-0.05, 0) is 44.9 Å². The highest BCUT2D eigenvalue weighted by molar-refractivity contribution is 7.09. The monoisotopic (exact) mass is 304 g/mol. The Balaban J connectivity index is 1.84. The van der Waals surface area contributed by atoms with Crippen molar-refractivity contribution in [1.29, 1.82) is 0 Å². The van der Waals surface area contributed by atoms with E-state index in [0.29, 0.717) is 6.61 Å². The number of thiazole rings is 1. The van der Waals surface area contributed by atoms with Crippen molar-refractivity contribution in [2.24, 2.45) is 0 Å². The Hall–Kier alpha value is -1.39. The topological polar surface area (TPSA) is 34.1 Å². The van der Waals surface area contributed by atoms with Gasteiger partial charge in [0.2, 0.25) is 0 Å². The molecule has 0 spiro atoms. The lowest BCUT2D eigenvalue weighted by molar-refractivity contribution is 0.301. The zero-order valence-electron chi connectivity index (χ0n) is 13.3. The Morgan fingerprint density at radius 1 is 1.19 bits per heavy atom. The maximum atomic E-state index is 5.77. The first-order valence-corrected chi connectivity index (χ1v) is 8.24. The average Bonchev–Trinajstić information content (AvgIpc) is 2.91. The third kappa shape index (κ3) is 5.48. The normalized spacial score (nSPS) is 11.6. The Morgan fingerprint density at radius 3 is 2.52 bits per heavy atom. The van der Waals surface area contributed by atoms with Gasteiger partial charge >= 0.3 is 0 Å². The van der Waals surface area contributed by atoms with Crippen LogP contribution in [-0.2, 0) is 19.6 Å². The van der Waals surface area contributed by atoms with Gasteiger partial charge in [-0.2, -0.15) is 0 Å². The quantitative estimate of drug-likeness (QED) is 0.869. The number of hydrogen-bond acceptors (Lipinski definition) is 4. The summed E-state index contributed by atoms with van der Waals surface area (Å²) in [5.74, 6) is 0.898. The highest BCUT2D eigenvalue weighted by Gasteiger charge is 2.10. The van der Waals surface area contributed by atoms with Crippen LogP contribution in [0.15, 0.2) is 29.6 Å². The van der Waals surface area contributed by atoms with E-state index in [2.05, 4.69) is 55.5 Å². The van der Waals surface area contributed by atoms with Crippen LogP contribution in [0.3, 0.4) is 0 Å². The summed E-state index contributed by atoms with van der Waals surface area (Å²) in [7, 11) is 0. The van der Waals surface area contributed by atoms with Crippen LogP contribution in [0.5, 0.6) is 5.75 Å². The molecule has 0 aliphatic heterocycles. The van der Waals surface area contributed by atoms with Crippen molar-refractivity contribution in [2.75, 3.05) is 0 Å². The van der Waals surface area contributed by atoms with Crippen LogP contribution in [0, 0.1) is 0 Å². The predicted octanol–water partition coefficient (Wildman–Crippen LogP) is 4.17. The van der Waals surface area contributed by atoms with Crippen LogP contribution >= 0.6 is 11.3 Å². The van der Waals surface area contributed by atoms with Gasteiger partial charge in [-0.15, -0.1) is 11.3 Å². The van der Waals surface area contributed by atoms with E-state index in [1.807, 2.05) is 12.1 Å². The molecule has 1 heterocycles. The maximum Gasteiger partial charge on any atom is 0.131 e. The van der Waals surface area contributed by atoms with Gasteiger partial charge in [0.15, 0.2) is 0 Å². The summed E-state index contributed by atoms with van der Waals surface area (Å²) in [6, 6.07) is 8.25. The number of nitrogens with one attached hydrogen (secondary N) is 1. The minimum Gasteiger partial charge on any atom is -0.487 e. The molecule has 4 heteroatoms. The number of aromatic nitrogens is 1. The van der Waals surface area contributed by atoms with Crippen molar-refractivity contribution in [3.05, 3.63) is 45.9 Å².